The number of ether oxygens (including phenoxy) is 1. The van der Waals surface area contributed by atoms with Crippen LogP contribution >= 0.6 is 0 Å². The highest BCUT2D eigenvalue weighted by Gasteiger charge is 2.40. The number of hydrogen-bond acceptors (Lipinski definition) is 2. The lowest BCUT2D eigenvalue weighted by Crippen LogP contribution is -2.35. The van der Waals surface area contributed by atoms with Crippen molar-refractivity contribution in [3.8, 4) is 0 Å². The van der Waals surface area contributed by atoms with Crippen LogP contribution in [0.25, 0.3) is 0 Å². The topological polar surface area (TPSA) is 21.3 Å². The fourth-order valence-corrected chi connectivity index (χ4v) is 1.39. The van der Waals surface area contributed by atoms with Crippen LogP contribution in [0.3, 0.4) is 0 Å². The Hall–Kier alpha value is -0.360. The van der Waals surface area contributed by atoms with Gasteiger partial charge in [-0.2, -0.15) is 8.78 Å². The molecule has 1 saturated carbocycles. The Kier molecular flexibility index (Phi) is 4.98. The molecule has 16 heavy (non-hydrogen) atoms. The Morgan fingerprint density at radius 3 is 2.50 bits per heavy atom. The predicted octanol–water partition coefficient (Wildman–Crippen LogP) is 2.29. The number of rotatable bonds is 8. The van der Waals surface area contributed by atoms with Crippen molar-refractivity contribution in [2.24, 2.45) is 5.92 Å². The molecule has 1 rings (SSSR count). The minimum atomic E-state index is -4.04. The fourth-order valence-electron chi connectivity index (χ4n) is 1.39. The third kappa shape index (κ3) is 4.65. The Bertz CT molecular complexity index is 209. The van der Waals surface area contributed by atoms with Crippen molar-refractivity contribution >= 4 is 0 Å². The maximum atomic E-state index is 12.4. The molecular weight excluding hydrogens is 226 g/mol. The van der Waals surface area contributed by atoms with Gasteiger partial charge in [0.05, 0.1) is 6.61 Å². The van der Waals surface area contributed by atoms with E-state index in [4.69, 9.17) is 0 Å². The molecule has 0 aliphatic heterocycles. The first-order valence-corrected chi connectivity index (χ1v) is 5.40. The average molecular weight is 243 g/mol. The Morgan fingerprint density at radius 1 is 1.38 bits per heavy atom. The van der Waals surface area contributed by atoms with Gasteiger partial charge in [-0.3, -0.25) is 0 Å². The summed E-state index contributed by atoms with van der Waals surface area (Å²) in [5.74, 6) is -3.37. The normalized spacial score (nSPS) is 19.1. The van der Waals surface area contributed by atoms with E-state index in [0.717, 1.165) is 0 Å². The summed E-state index contributed by atoms with van der Waals surface area (Å²) in [4.78, 5) is 0. The van der Waals surface area contributed by atoms with E-state index in [1.54, 1.807) is 0 Å². The summed E-state index contributed by atoms with van der Waals surface area (Å²) in [5.41, 5.74) is 0. The average Bonchev–Trinajstić information content (AvgIpc) is 2.99. The van der Waals surface area contributed by atoms with E-state index in [-0.39, 0.29) is 6.61 Å². The molecule has 0 heterocycles. The van der Waals surface area contributed by atoms with E-state index >= 15 is 0 Å². The van der Waals surface area contributed by atoms with Crippen molar-refractivity contribution in [3.63, 3.8) is 0 Å². The van der Waals surface area contributed by atoms with Gasteiger partial charge in [0, 0.05) is 12.6 Å². The largest absolute Gasteiger partial charge is 0.374 e. The van der Waals surface area contributed by atoms with Gasteiger partial charge in [-0.05, 0) is 25.7 Å². The molecule has 1 aliphatic carbocycles. The summed E-state index contributed by atoms with van der Waals surface area (Å²) in [5, 5.41) is 3.10. The third-order valence-corrected chi connectivity index (χ3v) is 2.66. The maximum Gasteiger partial charge on any atom is 0.330 e. The van der Waals surface area contributed by atoms with Gasteiger partial charge in [-0.15, -0.1) is 0 Å². The molecule has 0 radical (unpaired) electrons. The van der Waals surface area contributed by atoms with Crippen molar-refractivity contribution in [1.82, 2.24) is 5.32 Å². The molecule has 0 aromatic rings. The maximum absolute atomic E-state index is 12.4. The standard InChI is InChI=1S/C10H17F4NO/c1-7(8-2-3-8)15-4-5-16-6-10(13,14)9(11)12/h7-9,15H,2-6H2,1H3. The van der Waals surface area contributed by atoms with E-state index in [9.17, 15) is 17.6 Å². The van der Waals surface area contributed by atoms with Crippen molar-refractivity contribution in [2.75, 3.05) is 19.8 Å². The zero-order valence-electron chi connectivity index (χ0n) is 9.19. The molecule has 0 aromatic carbocycles. The van der Waals surface area contributed by atoms with E-state index < -0.39 is 19.0 Å². The predicted molar refractivity (Wildman–Crippen MR) is 52.0 cm³/mol. The van der Waals surface area contributed by atoms with Gasteiger partial charge in [0.1, 0.15) is 6.61 Å². The van der Waals surface area contributed by atoms with Gasteiger partial charge >= 0.3 is 12.3 Å². The van der Waals surface area contributed by atoms with Gasteiger partial charge < -0.3 is 10.1 Å². The molecule has 0 aromatic heterocycles. The van der Waals surface area contributed by atoms with E-state index in [2.05, 4.69) is 10.1 Å². The summed E-state index contributed by atoms with van der Waals surface area (Å²) in [6.45, 7) is 1.24. The number of alkyl halides is 4. The molecule has 1 unspecified atom stereocenters. The van der Waals surface area contributed by atoms with Crippen LogP contribution in [0.15, 0.2) is 0 Å². The van der Waals surface area contributed by atoms with E-state index in [1.165, 1.54) is 12.8 Å². The molecular formula is C10H17F4NO. The molecule has 6 heteroatoms. The summed E-state index contributed by atoms with van der Waals surface area (Å²) < 4.78 is 52.7. The molecule has 0 amide bonds. The lowest BCUT2D eigenvalue weighted by atomic mass is 10.2. The quantitative estimate of drug-likeness (QED) is 0.521. The number of nitrogens with one attached hydrogen (secondary N) is 1. The Labute approximate surface area is 92.3 Å². The first kappa shape index (κ1) is 13.7. The smallest absolute Gasteiger partial charge is 0.330 e. The summed E-state index contributed by atoms with van der Waals surface area (Å²) in [6.07, 6.45) is -1.28. The molecule has 0 spiro atoms. The monoisotopic (exact) mass is 243 g/mol. The zero-order valence-corrected chi connectivity index (χ0v) is 9.19. The van der Waals surface area contributed by atoms with Gasteiger partial charge in [-0.1, -0.05) is 0 Å². The summed E-state index contributed by atoms with van der Waals surface area (Å²) >= 11 is 0. The highest BCUT2D eigenvalue weighted by Crippen LogP contribution is 2.32. The SMILES string of the molecule is CC(NCCOCC(F)(F)C(F)F)C1CC1. The molecule has 1 N–H and O–H groups in total. The van der Waals surface area contributed by atoms with Crippen molar-refractivity contribution in [1.29, 1.82) is 0 Å². The van der Waals surface area contributed by atoms with Crippen LogP contribution in [0.2, 0.25) is 0 Å². The second kappa shape index (κ2) is 5.82. The van der Waals surface area contributed by atoms with Crippen LogP contribution in [0, 0.1) is 5.92 Å². The minimum Gasteiger partial charge on any atom is -0.374 e. The highest BCUT2D eigenvalue weighted by atomic mass is 19.3. The fraction of sp³-hybridized carbons (Fsp3) is 1.00. The van der Waals surface area contributed by atoms with Gasteiger partial charge in [0.2, 0.25) is 0 Å². The Balaban J connectivity index is 1.98. The second-order valence-electron chi connectivity index (χ2n) is 4.19. The van der Waals surface area contributed by atoms with Crippen LogP contribution in [-0.4, -0.2) is 38.1 Å². The lowest BCUT2D eigenvalue weighted by Gasteiger charge is -2.16. The molecule has 2 nitrogen and oxygen atoms in total. The zero-order chi connectivity index (χ0) is 12.2. The Morgan fingerprint density at radius 2 is 2.00 bits per heavy atom. The molecule has 0 saturated heterocycles. The van der Waals surface area contributed by atoms with Crippen LogP contribution < -0.4 is 5.32 Å². The lowest BCUT2D eigenvalue weighted by molar-refractivity contribution is -0.165. The van der Waals surface area contributed by atoms with Crippen LogP contribution in [0.1, 0.15) is 19.8 Å². The highest BCUT2D eigenvalue weighted by molar-refractivity contribution is 4.82. The molecule has 96 valence electrons. The van der Waals surface area contributed by atoms with Crippen LogP contribution in [0.5, 0.6) is 0 Å². The molecule has 0 bridgehead atoms. The van der Waals surface area contributed by atoms with Crippen molar-refractivity contribution in [2.45, 2.75) is 38.2 Å². The first-order valence-electron chi connectivity index (χ1n) is 5.40. The van der Waals surface area contributed by atoms with Gasteiger partial charge in [0.25, 0.3) is 0 Å². The van der Waals surface area contributed by atoms with Crippen LogP contribution in [-0.2, 0) is 4.74 Å². The summed E-state index contributed by atoms with van der Waals surface area (Å²) in [6, 6.07) is 0.346. The minimum absolute atomic E-state index is 0.0272. The summed E-state index contributed by atoms with van der Waals surface area (Å²) in [7, 11) is 0. The number of hydrogen-bond donors (Lipinski definition) is 1. The van der Waals surface area contributed by atoms with E-state index in [1.807, 2.05) is 6.92 Å². The van der Waals surface area contributed by atoms with Crippen molar-refractivity contribution < 1.29 is 22.3 Å². The van der Waals surface area contributed by atoms with Gasteiger partial charge in [0.15, 0.2) is 0 Å². The third-order valence-electron chi connectivity index (χ3n) is 2.66. The van der Waals surface area contributed by atoms with Crippen LogP contribution in [0.4, 0.5) is 17.6 Å². The first-order chi connectivity index (χ1) is 7.43. The molecule has 1 fully saturated rings. The van der Waals surface area contributed by atoms with Crippen molar-refractivity contribution in [3.05, 3.63) is 0 Å². The van der Waals surface area contributed by atoms with Gasteiger partial charge in [-0.25, -0.2) is 8.78 Å². The second-order valence-corrected chi connectivity index (χ2v) is 4.19. The number of halogens is 4. The molecule has 1 aliphatic rings. The molecule has 1 atom stereocenters. The van der Waals surface area contributed by atoms with E-state index in [0.29, 0.717) is 18.5 Å².